The number of aromatic nitrogens is 2. The minimum absolute atomic E-state index is 0.168. The molecule has 1 heterocycles. The van der Waals surface area contributed by atoms with Gasteiger partial charge in [-0.25, -0.2) is 4.39 Å². The Hall–Kier alpha value is -1.79. The first-order chi connectivity index (χ1) is 9.72. The van der Waals surface area contributed by atoms with Crippen LogP contribution in [0.2, 0.25) is 0 Å². The van der Waals surface area contributed by atoms with Gasteiger partial charge in [-0.05, 0) is 37.2 Å². The maximum atomic E-state index is 12.9. The van der Waals surface area contributed by atoms with Gasteiger partial charge in [0, 0.05) is 18.7 Å². The normalized spacial score (nSPS) is 11.2. The van der Waals surface area contributed by atoms with Crippen molar-refractivity contribution in [2.24, 2.45) is 0 Å². The van der Waals surface area contributed by atoms with Crippen LogP contribution in [0.3, 0.4) is 0 Å². The van der Waals surface area contributed by atoms with Crippen LogP contribution in [-0.4, -0.2) is 39.9 Å². The fourth-order valence-corrected chi connectivity index (χ4v) is 1.86. The van der Waals surface area contributed by atoms with Crippen LogP contribution in [-0.2, 0) is 6.54 Å². The van der Waals surface area contributed by atoms with Crippen molar-refractivity contribution in [1.29, 1.82) is 0 Å². The van der Waals surface area contributed by atoms with Gasteiger partial charge in [0.25, 0.3) is 0 Å². The second-order valence-electron chi connectivity index (χ2n) is 4.45. The van der Waals surface area contributed by atoms with Crippen molar-refractivity contribution in [1.82, 2.24) is 15.1 Å². The molecule has 0 atom stereocenters. The van der Waals surface area contributed by atoms with Crippen molar-refractivity contribution < 1.29 is 13.9 Å². The fraction of sp³-hybridized carbons (Fsp3) is 0.429. The minimum Gasteiger partial charge on any atom is -0.419 e. The molecule has 0 aliphatic carbocycles. The van der Waals surface area contributed by atoms with E-state index in [2.05, 4.69) is 15.1 Å². The van der Waals surface area contributed by atoms with Crippen LogP contribution in [0.25, 0.3) is 11.5 Å². The van der Waals surface area contributed by atoms with E-state index in [4.69, 9.17) is 9.52 Å². The summed E-state index contributed by atoms with van der Waals surface area (Å²) < 4.78 is 18.4. The second kappa shape index (κ2) is 7.12. The van der Waals surface area contributed by atoms with Crippen molar-refractivity contribution >= 4 is 0 Å². The van der Waals surface area contributed by atoms with Gasteiger partial charge >= 0.3 is 0 Å². The van der Waals surface area contributed by atoms with Gasteiger partial charge in [-0.2, -0.15) is 0 Å². The Labute approximate surface area is 117 Å². The summed E-state index contributed by atoms with van der Waals surface area (Å²) in [6, 6.07) is 5.93. The lowest BCUT2D eigenvalue weighted by Gasteiger charge is -2.17. The zero-order valence-electron chi connectivity index (χ0n) is 11.4. The number of halogens is 1. The second-order valence-corrected chi connectivity index (χ2v) is 4.45. The number of aliphatic hydroxyl groups is 1. The molecule has 108 valence electrons. The molecule has 1 N–H and O–H groups in total. The largest absolute Gasteiger partial charge is 0.419 e. The monoisotopic (exact) mass is 279 g/mol. The predicted molar refractivity (Wildman–Crippen MR) is 72.3 cm³/mol. The highest BCUT2D eigenvalue weighted by Gasteiger charge is 2.11. The molecule has 0 spiro atoms. The molecule has 0 radical (unpaired) electrons. The molecule has 0 unspecified atom stereocenters. The summed E-state index contributed by atoms with van der Waals surface area (Å²) in [4.78, 5) is 2.11. The van der Waals surface area contributed by atoms with Gasteiger partial charge < -0.3 is 9.52 Å². The Balaban J connectivity index is 2.02. The molecule has 0 aliphatic rings. The summed E-state index contributed by atoms with van der Waals surface area (Å²) in [6.07, 6.45) is 0.715. The lowest BCUT2D eigenvalue weighted by Crippen LogP contribution is -2.24. The standard InChI is InChI=1S/C14H18FN3O2/c1-2-18(8-3-9-19)10-13-16-17-14(20-13)11-4-6-12(15)7-5-11/h4-7,19H,2-3,8-10H2,1H3. The van der Waals surface area contributed by atoms with Gasteiger partial charge in [-0.15, -0.1) is 10.2 Å². The maximum absolute atomic E-state index is 12.9. The molecule has 20 heavy (non-hydrogen) atoms. The molecule has 0 saturated heterocycles. The first kappa shape index (κ1) is 14.6. The molecule has 0 aliphatic heterocycles. The van der Waals surface area contributed by atoms with Crippen molar-refractivity contribution in [2.75, 3.05) is 19.7 Å². The molecule has 0 fully saturated rings. The molecular formula is C14H18FN3O2. The Kier molecular flexibility index (Phi) is 5.20. The molecule has 1 aromatic heterocycles. The number of hydrogen-bond acceptors (Lipinski definition) is 5. The molecule has 2 rings (SSSR count). The van der Waals surface area contributed by atoms with E-state index in [1.807, 2.05) is 6.92 Å². The molecule has 5 nitrogen and oxygen atoms in total. The summed E-state index contributed by atoms with van der Waals surface area (Å²) in [7, 11) is 0. The lowest BCUT2D eigenvalue weighted by atomic mass is 10.2. The topological polar surface area (TPSA) is 62.4 Å². The minimum atomic E-state index is -0.297. The number of benzene rings is 1. The van der Waals surface area contributed by atoms with Crippen LogP contribution in [0.15, 0.2) is 28.7 Å². The van der Waals surface area contributed by atoms with E-state index >= 15 is 0 Å². The molecule has 1 aromatic carbocycles. The zero-order valence-corrected chi connectivity index (χ0v) is 11.4. The van der Waals surface area contributed by atoms with E-state index in [9.17, 15) is 4.39 Å². The Morgan fingerprint density at radius 1 is 1.25 bits per heavy atom. The van der Waals surface area contributed by atoms with Gasteiger partial charge in [0.1, 0.15) is 5.82 Å². The number of rotatable bonds is 7. The number of hydrogen-bond donors (Lipinski definition) is 1. The number of nitrogens with zero attached hydrogens (tertiary/aromatic N) is 3. The van der Waals surface area contributed by atoms with Gasteiger partial charge in [0.05, 0.1) is 6.54 Å². The van der Waals surface area contributed by atoms with E-state index in [0.717, 1.165) is 13.1 Å². The Bertz CT molecular complexity index is 527. The molecular weight excluding hydrogens is 261 g/mol. The predicted octanol–water partition coefficient (Wildman–Crippen LogP) is 2.08. The summed E-state index contributed by atoms with van der Waals surface area (Å²) in [5.41, 5.74) is 0.698. The van der Waals surface area contributed by atoms with Crippen molar-refractivity contribution in [3.05, 3.63) is 36.0 Å². The van der Waals surface area contributed by atoms with Gasteiger partial charge in [0.15, 0.2) is 0 Å². The van der Waals surface area contributed by atoms with E-state index < -0.39 is 0 Å². The summed E-state index contributed by atoms with van der Waals surface area (Å²) in [5, 5.41) is 16.8. The van der Waals surface area contributed by atoms with Crippen molar-refractivity contribution in [3.63, 3.8) is 0 Å². The van der Waals surface area contributed by atoms with Crippen LogP contribution < -0.4 is 0 Å². The van der Waals surface area contributed by atoms with E-state index in [0.29, 0.717) is 30.3 Å². The summed E-state index contributed by atoms with van der Waals surface area (Å²) >= 11 is 0. The van der Waals surface area contributed by atoms with E-state index in [1.165, 1.54) is 12.1 Å². The average molecular weight is 279 g/mol. The highest BCUT2D eigenvalue weighted by Crippen LogP contribution is 2.18. The van der Waals surface area contributed by atoms with Crippen molar-refractivity contribution in [3.8, 4) is 11.5 Å². The third kappa shape index (κ3) is 3.85. The third-order valence-corrected chi connectivity index (χ3v) is 3.00. The average Bonchev–Trinajstić information content (AvgIpc) is 2.92. The highest BCUT2D eigenvalue weighted by atomic mass is 19.1. The van der Waals surface area contributed by atoms with Gasteiger partial charge in [-0.1, -0.05) is 6.92 Å². The molecule has 0 bridgehead atoms. The molecule has 0 saturated carbocycles. The smallest absolute Gasteiger partial charge is 0.247 e. The first-order valence-electron chi connectivity index (χ1n) is 6.64. The lowest BCUT2D eigenvalue weighted by molar-refractivity contribution is 0.212. The fourth-order valence-electron chi connectivity index (χ4n) is 1.86. The summed E-state index contributed by atoms with van der Waals surface area (Å²) in [5.74, 6) is 0.608. The van der Waals surface area contributed by atoms with Gasteiger partial charge in [-0.3, -0.25) is 4.90 Å². The van der Waals surface area contributed by atoms with Crippen LogP contribution in [0.5, 0.6) is 0 Å². The third-order valence-electron chi connectivity index (χ3n) is 3.00. The van der Waals surface area contributed by atoms with E-state index in [-0.39, 0.29) is 12.4 Å². The Morgan fingerprint density at radius 3 is 2.65 bits per heavy atom. The van der Waals surface area contributed by atoms with E-state index in [1.54, 1.807) is 12.1 Å². The van der Waals surface area contributed by atoms with Crippen LogP contribution >= 0.6 is 0 Å². The van der Waals surface area contributed by atoms with Gasteiger partial charge in [0.2, 0.25) is 11.8 Å². The summed E-state index contributed by atoms with van der Waals surface area (Å²) in [6.45, 7) is 4.37. The van der Waals surface area contributed by atoms with Crippen LogP contribution in [0.4, 0.5) is 4.39 Å². The number of aliphatic hydroxyl groups excluding tert-OH is 1. The zero-order chi connectivity index (χ0) is 14.4. The van der Waals surface area contributed by atoms with Crippen LogP contribution in [0, 0.1) is 5.82 Å². The molecule has 6 heteroatoms. The first-order valence-corrected chi connectivity index (χ1v) is 6.64. The SMILES string of the molecule is CCN(CCCO)Cc1nnc(-c2ccc(F)cc2)o1. The molecule has 0 amide bonds. The quantitative estimate of drug-likeness (QED) is 0.840. The van der Waals surface area contributed by atoms with Crippen LogP contribution in [0.1, 0.15) is 19.2 Å². The maximum Gasteiger partial charge on any atom is 0.247 e. The van der Waals surface area contributed by atoms with Crippen molar-refractivity contribution in [2.45, 2.75) is 19.9 Å². The Morgan fingerprint density at radius 2 is 2.00 bits per heavy atom. The highest BCUT2D eigenvalue weighted by molar-refractivity contribution is 5.51. The molecule has 2 aromatic rings.